The van der Waals surface area contributed by atoms with Crippen molar-refractivity contribution in [2.24, 2.45) is 10.8 Å². The number of aryl methyl sites for hydroxylation is 1. The van der Waals surface area contributed by atoms with Crippen molar-refractivity contribution in [3.05, 3.63) is 24.0 Å². The van der Waals surface area contributed by atoms with E-state index >= 15 is 0 Å². The molecule has 0 saturated carbocycles. The van der Waals surface area contributed by atoms with Gasteiger partial charge >= 0.3 is 6.03 Å². The van der Waals surface area contributed by atoms with E-state index < -0.39 is 6.03 Å². The van der Waals surface area contributed by atoms with Crippen LogP contribution in [0.4, 0.5) is 4.79 Å². The predicted octanol–water partition coefficient (Wildman–Crippen LogP) is 0.264. The lowest BCUT2D eigenvalue weighted by Crippen LogP contribution is -2.25. The number of primary amides is 1. The van der Waals surface area contributed by atoms with E-state index in [1.54, 1.807) is 0 Å². The Hall–Kier alpha value is -1.78. The summed E-state index contributed by atoms with van der Waals surface area (Å²) in [7, 11) is 0. The summed E-state index contributed by atoms with van der Waals surface area (Å²) in [6.45, 7) is 0.918. The largest absolute Gasteiger partial charge is 0.350 e. The lowest BCUT2D eigenvalue weighted by Gasteiger charge is -1.95. The number of carbonyl (C=O) groups is 1. The highest BCUT2D eigenvalue weighted by molar-refractivity contribution is 6.01. The first-order valence-electron chi connectivity index (χ1n) is 4.05. The normalized spacial score (nSPS) is 17.4. The summed E-state index contributed by atoms with van der Waals surface area (Å²) in [5.41, 5.74) is 9.06. The maximum absolute atomic E-state index is 10.4. The van der Waals surface area contributed by atoms with Gasteiger partial charge in [-0.1, -0.05) is 0 Å². The molecule has 5 heteroatoms. The molecule has 3 N–H and O–H groups in total. The fraction of sp³-hybridized carbons (Fsp3) is 0.250. The predicted molar refractivity (Wildman–Crippen MR) is 48.3 cm³/mol. The molecule has 0 bridgehead atoms. The molecule has 1 aromatic rings. The van der Waals surface area contributed by atoms with Crippen LogP contribution in [0.15, 0.2) is 23.4 Å². The van der Waals surface area contributed by atoms with Crippen molar-refractivity contribution in [1.82, 2.24) is 9.99 Å². The van der Waals surface area contributed by atoms with E-state index in [0.717, 1.165) is 24.4 Å². The van der Waals surface area contributed by atoms with Crippen molar-refractivity contribution in [3.63, 3.8) is 0 Å². The topological polar surface area (TPSA) is 72.4 Å². The lowest BCUT2D eigenvalue weighted by atomic mass is 10.2. The van der Waals surface area contributed by atoms with E-state index in [0.29, 0.717) is 0 Å². The zero-order valence-corrected chi connectivity index (χ0v) is 7.03. The van der Waals surface area contributed by atoms with Gasteiger partial charge in [-0.25, -0.2) is 10.2 Å². The fourth-order valence-corrected chi connectivity index (χ4v) is 1.46. The minimum atomic E-state index is -0.627. The van der Waals surface area contributed by atoms with Crippen LogP contribution in [0, 0.1) is 0 Å². The molecule has 0 aromatic carbocycles. The SMILES string of the molecule is NC(=O)N/N=C1/CCn2cccc21. The smallest absolute Gasteiger partial charge is 0.332 e. The van der Waals surface area contributed by atoms with Crippen LogP contribution in [-0.4, -0.2) is 16.3 Å². The van der Waals surface area contributed by atoms with Crippen LogP contribution in [0.1, 0.15) is 12.1 Å². The number of nitrogens with two attached hydrogens (primary N) is 1. The number of nitrogens with zero attached hydrogens (tertiary/aromatic N) is 2. The third-order valence-electron chi connectivity index (χ3n) is 2.02. The zero-order chi connectivity index (χ0) is 9.26. The number of hydrogen-bond donors (Lipinski definition) is 2. The Morgan fingerprint density at radius 2 is 2.54 bits per heavy atom. The number of carbonyl (C=O) groups excluding carboxylic acids is 1. The Kier molecular flexibility index (Phi) is 1.77. The van der Waals surface area contributed by atoms with Gasteiger partial charge in [-0.05, 0) is 12.1 Å². The third-order valence-corrected chi connectivity index (χ3v) is 2.02. The highest BCUT2D eigenvalue weighted by Crippen LogP contribution is 2.15. The Bertz CT molecular complexity index is 366. The third kappa shape index (κ3) is 1.40. The molecular weight excluding hydrogens is 168 g/mol. The van der Waals surface area contributed by atoms with E-state index in [2.05, 4.69) is 15.1 Å². The van der Waals surface area contributed by atoms with Gasteiger partial charge in [0, 0.05) is 19.2 Å². The van der Waals surface area contributed by atoms with Crippen molar-refractivity contribution < 1.29 is 4.79 Å². The molecule has 1 aromatic heterocycles. The summed E-state index contributed by atoms with van der Waals surface area (Å²) in [6, 6.07) is 3.29. The van der Waals surface area contributed by atoms with Crippen molar-refractivity contribution in [3.8, 4) is 0 Å². The first-order chi connectivity index (χ1) is 6.27. The van der Waals surface area contributed by atoms with Crippen LogP contribution in [0.25, 0.3) is 0 Å². The molecular formula is C8H10N4O. The van der Waals surface area contributed by atoms with E-state index in [9.17, 15) is 4.79 Å². The first kappa shape index (κ1) is 7.85. The van der Waals surface area contributed by atoms with Gasteiger partial charge in [0.05, 0.1) is 11.4 Å². The summed E-state index contributed by atoms with van der Waals surface area (Å²) < 4.78 is 2.08. The second kappa shape index (κ2) is 2.93. The van der Waals surface area contributed by atoms with Gasteiger partial charge in [0.15, 0.2) is 0 Å². The van der Waals surface area contributed by atoms with E-state index in [4.69, 9.17) is 5.73 Å². The number of aromatic nitrogens is 1. The lowest BCUT2D eigenvalue weighted by molar-refractivity contribution is 0.249. The van der Waals surface area contributed by atoms with E-state index in [1.165, 1.54) is 0 Å². The molecule has 13 heavy (non-hydrogen) atoms. The molecule has 1 aliphatic rings. The molecule has 1 aliphatic heterocycles. The van der Waals surface area contributed by atoms with Crippen LogP contribution in [0.3, 0.4) is 0 Å². The summed E-state index contributed by atoms with van der Waals surface area (Å²) in [4.78, 5) is 10.4. The van der Waals surface area contributed by atoms with Gasteiger partial charge in [-0.2, -0.15) is 5.10 Å². The Labute approximate surface area is 75.2 Å². The molecule has 68 valence electrons. The van der Waals surface area contributed by atoms with Crippen molar-refractivity contribution in [2.45, 2.75) is 13.0 Å². The number of urea groups is 1. The Balaban J connectivity index is 2.20. The number of hydrazone groups is 1. The summed E-state index contributed by atoms with van der Waals surface area (Å²) in [5.74, 6) is 0. The quantitative estimate of drug-likeness (QED) is 0.595. The monoisotopic (exact) mass is 178 g/mol. The van der Waals surface area contributed by atoms with Crippen molar-refractivity contribution in [1.29, 1.82) is 0 Å². The minimum Gasteiger partial charge on any atom is -0.350 e. The fourth-order valence-electron chi connectivity index (χ4n) is 1.46. The average Bonchev–Trinajstić information content (AvgIpc) is 2.60. The first-order valence-corrected chi connectivity index (χ1v) is 4.05. The molecule has 0 saturated heterocycles. The van der Waals surface area contributed by atoms with E-state index in [-0.39, 0.29) is 0 Å². The van der Waals surface area contributed by atoms with Gasteiger partial charge in [0.25, 0.3) is 0 Å². The van der Waals surface area contributed by atoms with Crippen LogP contribution in [0.2, 0.25) is 0 Å². The molecule has 2 amide bonds. The maximum Gasteiger partial charge on any atom is 0.332 e. The zero-order valence-electron chi connectivity index (χ0n) is 7.03. The van der Waals surface area contributed by atoms with Gasteiger partial charge < -0.3 is 10.3 Å². The molecule has 2 rings (SSSR count). The van der Waals surface area contributed by atoms with Gasteiger partial charge in [-0.3, -0.25) is 0 Å². The Morgan fingerprint density at radius 3 is 3.31 bits per heavy atom. The van der Waals surface area contributed by atoms with Crippen LogP contribution in [0.5, 0.6) is 0 Å². The second-order valence-electron chi connectivity index (χ2n) is 2.87. The number of fused-ring (bicyclic) bond motifs is 1. The van der Waals surface area contributed by atoms with Gasteiger partial charge in [-0.15, -0.1) is 0 Å². The molecule has 0 atom stereocenters. The molecule has 0 spiro atoms. The summed E-state index contributed by atoms with van der Waals surface area (Å²) in [5, 5.41) is 3.91. The molecule has 0 unspecified atom stereocenters. The molecule has 0 radical (unpaired) electrons. The van der Waals surface area contributed by atoms with E-state index in [1.807, 2.05) is 18.3 Å². The maximum atomic E-state index is 10.4. The van der Waals surface area contributed by atoms with Gasteiger partial charge in [0.1, 0.15) is 0 Å². The molecule has 2 heterocycles. The van der Waals surface area contributed by atoms with Crippen molar-refractivity contribution in [2.75, 3.05) is 0 Å². The molecule has 0 fully saturated rings. The van der Waals surface area contributed by atoms with Gasteiger partial charge in [0.2, 0.25) is 0 Å². The molecule has 5 nitrogen and oxygen atoms in total. The Morgan fingerprint density at radius 1 is 1.69 bits per heavy atom. The van der Waals surface area contributed by atoms with Crippen LogP contribution < -0.4 is 11.2 Å². The minimum absolute atomic E-state index is 0.627. The number of hydrogen-bond acceptors (Lipinski definition) is 2. The van der Waals surface area contributed by atoms with Crippen molar-refractivity contribution >= 4 is 11.7 Å². The summed E-state index contributed by atoms with van der Waals surface area (Å²) in [6.07, 6.45) is 2.83. The van der Waals surface area contributed by atoms with Crippen LogP contribution in [-0.2, 0) is 6.54 Å². The average molecular weight is 178 g/mol. The van der Waals surface area contributed by atoms with Crippen LogP contribution >= 0.6 is 0 Å². The highest BCUT2D eigenvalue weighted by atomic mass is 16.2. The number of amides is 2. The second-order valence-corrected chi connectivity index (χ2v) is 2.87. The highest BCUT2D eigenvalue weighted by Gasteiger charge is 2.16. The summed E-state index contributed by atoms with van der Waals surface area (Å²) >= 11 is 0. The molecule has 0 aliphatic carbocycles. The number of rotatable bonds is 1. The number of nitrogens with one attached hydrogen (secondary N) is 1. The standard InChI is InChI=1S/C8H10N4O/c9-8(13)11-10-6-3-5-12-4-1-2-7(6)12/h1-2,4H,3,5H2,(H3,9,11,13)/b10-6-.